The van der Waals surface area contributed by atoms with E-state index in [4.69, 9.17) is 9.57 Å². The lowest BCUT2D eigenvalue weighted by Crippen LogP contribution is -2.50. The topological polar surface area (TPSA) is 72.8 Å². The molecule has 1 amide bonds. The summed E-state index contributed by atoms with van der Waals surface area (Å²) in [4.78, 5) is 30.9. The quantitative estimate of drug-likeness (QED) is 0.639. The van der Waals surface area contributed by atoms with E-state index in [0.29, 0.717) is 15.6 Å². The Labute approximate surface area is 182 Å². The minimum atomic E-state index is -0.692. The maximum atomic E-state index is 14.4. The molecule has 162 valence electrons. The number of nitrogens with zero attached hydrogens (tertiary/aromatic N) is 2. The summed E-state index contributed by atoms with van der Waals surface area (Å²) in [5.74, 6) is -0.875. The summed E-state index contributed by atoms with van der Waals surface area (Å²) >= 11 is 3.23. The van der Waals surface area contributed by atoms with Crippen LogP contribution in [0, 0.1) is 5.82 Å². The van der Waals surface area contributed by atoms with E-state index in [9.17, 15) is 14.0 Å². The molecular weight excluding hydrogens is 457 g/mol. The van der Waals surface area contributed by atoms with E-state index in [0.717, 1.165) is 0 Å². The van der Waals surface area contributed by atoms with Crippen molar-refractivity contribution in [3.8, 4) is 0 Å². The lowest BCUT2D eigenvalue weighted by molar-refractivity contribution is -0.164. The Bertz CT molecular complexity index is 1000. The Morgan fingerprint density at radius 3 is 2.63 bits per heavy atom. The van der Waals surface area contributed by atoms with Crippen LogP contribution >= 0.6 is 15.9 Å². The number of aryl methyl sites for hydroxylation is 1. The number of aromatic nitrogens is 1. The van der Waals surface area contributed by atoms with Crippen molar-refractivity contribution in [1.82, 2.24) is 9.63 Å². The van der Waals surface area contributed by atoms with E-state index in [1.54, 1.807) is 19.2 Å². The van der Waals surface area contributed by atoms with E-state index in [1.165, 1.54) is 28.0 Å². The molecule has 0 saturated carbocycles. The first-order valence-electron chi connectivity index (χ1n) is 9.57. The number of hydrogen-bond donors (Lipinski definition) is 1. The second-order valence-corrected chi connectivity index (χ2v) is 8.99. The number of rotatable bonds is 6. The molecule has 2 aromatic rings. The lowest BCUT2D eigenvalue weighted by Gasteiger charge is -2.36. The summed E-state index contributed by atoms with van der Waals surface area (Å²) in [6.07, 6.45) is 1.09. The number of fused-ring (bicyclic) bond motifs is 1. The highest BCUT2D eigenvalue weighted by Gasteiger charge is 2.35. The first-order chi connectivity index (χ1) is 14.0. The summed E-state index contributed by atoms with van der Waals surface area (Å²) in [7, 11) is 1.58. The van der Waals surface area contributed by atoms with Crippen LogP contribution in [0.5, 0.6) is 0 Å². The monoisotopic (exact) mass is 481 g/mol. The average molecular weight is 482 g/mol. The second-order valence-electron chi connectivity index (χ2n) is 8.07. The number of pyridine rings is 1. The molecule has 7 nitrogen and oxygen atoms in total. The molecule has 0 fully saturated rings. The van der Waals surface area contributed by atoms with Gasteiger partial charge in [-0.05, 0) is 44.5 Å². The third kappa shape index (κ3) is 5.27. The lowest BCUT2D eigenvalue weighted by atomic mass is 10.00. The van der Waals surface area contributed by atoms with Crippen LogP contribution in [0.25, 0.3) is 0 Å². The Morgan fingerprint density at radius 1 is 1.23 bits per heavy atom. The standard InChI is InChI=1S/C21H25BrFN3O4/c1-21(2,3)29-7-8-30-26-18(24-17-6-5-14(22)11-16(17)23)9-13-10-19(27)25(4)12-15(13)20(26)28/h5-6,10-12,18,24H,7-9H2,1-4H3. The van der Waals surface area contributed by atoms with Gasteiger partial charge in [0.15, 0.2) is 0 Å². The van der Waals surface area contributed by atoms with Crippen molar-refractivity contribution in [1.29, 1.82) is 0 Å². The SMILES string of the molecule is Cn1cc2c(cc1=O)CC(Nc1ccc(Br)cc1F)N(OCCOC(C)(C)C)C2=O. The van der Waals surface area contributed by atoms with Crippen molar-refractivity contribution >= 4 is 27.5 Å². The summed E-state index contributed by atoms with van der Waals surface area (Å²) in [5.41, 5.74) is 0.635. The molecule has 3 rings (SSSR count). The van der Waals surface area contributed by atoms with Gasteiger partial charge >= 0.3 is 0 Å². The minimum Gasteiger partial charge on any atom is -0.373 e. The molecule has 1 aromatic heterocycles. The molecule has 1 aliphatic rings. The highest BCUT2D eigenvalue weighted by atomic mass is 79.9. The predicted octanol–water partition coefficient (Wildman–Crippen LogP) is 3.47. The van der Waals surface area contributed by atoms with Crippen LogP contribution in [-0.2, 0) is 23.0 Å². The van der Waals surface area contributed by atoms with Crippen molar-refractivity contribution in [2.45, 2.75) is 39.0 Å². The number of hydroxylamine groups is 2. The molecule has 1 unspecified atom stereocenters. The van der Waals surface area contributed by atoms with Crippen LogP contribution < -0.4 is 10.9 Å². The van der Waals surface area contributed by atoms with Gasteiger partial charge in [-0.3, -0.25) is 14.4 Å². The van der Waals surface area contributed by atoms with Gasteiger partial charge in [-0.2, -0.15) is 5.06 Å². The molecule has 0 bridgehead atoms. The van der Waals surface area contributed by atoms with Crippen LogP contribution in [0.4, 0.5) is 10.1 Å². The zero-order valence-corrected chi connectivity index (χ0v) is 19.0. The molecule has 1 aliphatic heterocycles. The first-order valence-corrected chi connectivity index (χ1v) is 10.4. The van der Waals surface area contributed by atoms with Crippen molar-refractivity contribution in [2.24, 2.45) is 7.05 Å². The smallest absolute Gasteiger partial charge is 0.281 e. The fraction of sp³-hybridized carbons (Fsp3) is 0.429. The fourth-order valence-corrected chi connectivity index (χ4v) is 3.44. The summed E-state index contributed by atoms with van der Waals surface area (Å²) in [6, 6.07) is 6.03. The van der Waals surface area contributed by atoms with Crippen LogP contribution in [0.1, 0.15) is 36.7 Å². The Balaban J connectivity index is 1.86. The van der Waals surface area contributed by atoms with Crippen LogP contribution in [0.2, 0.25) is 0 Å². The van der Waals surface area contributed by atoms with Gasteiger partial charge in [0, 0.05) is 30.2 Å². The van der Waals surface area contributed by atoms with Crippen molar-refractivity contribution < 1.29 is 18.8 Å². The first kappa shape index (κ1) is 22.5. The van der Waals surface area contributed by atoms with E-state index in [1.807, 2.05) is 20.8 Å². The molecule has 0 aliphatic carbocycles. The number of nitrogens with one attached hydrogen (secondary N) is 1. The van der Waals surface area contributed by atoms with Gasteiger partial charge in [0.25, 0.3) is 11.5 Å². The van der Waals surface area contributed by atoms with Gasteiger partial charge in [-0.25, -0.2) is 4.39 Å². The van der Waals surface area contributed by atoms with Gasteiger partial charge in [0.05, 0.1) is 30.1 Å². The minimum absolute atomic E-state index is 0.144. The number of anilines is 1. The van der Waals surface area contributed by atoms with Crippen molar-refractivity contribution in [3.05, 3.63) is 62.2 Å². The zero-order chi connectivity index (χ0) is 22.1. The average Bonchev–Trinajstić information content (AvgIpc) is 2.64. The van der Waals surface area contributed by atoms with Crippen LogP contribution in [0.3, 0.4) is 0 Å². The number of amides is 1. The van der Waals surface area contributed by atoms with Gasteiger partial charge in [0.2, 0.25) is 0 Å². The van der Waals surface area contributed by atoms with Gasteiger partial charge < -0.3 is 14.6 Å². The van der Waals surface area contributed by atoms with E-state index in [2.05, 4.69) is 21.2 Å². The molecule has 30 heavy (non-hydrogen) atoms. The van der Waals surface area contributed by atoms with Gasteiger partial charge in [-0.1, -0.05) is 15.9 Å². The molecule has 0 saturated heterocycles. The van der Waals surface area contributed by atoms with Gasteiger partial charge in [0.1, 0.15) is 12.0 Å². The number of halogens is 2. The van der Waals surface area contributed by atoms with Gasteiger partial charge in [-0.15, -0.1) is 0 Å². The molecule has 2 heterocycles. The summed E-state index contributed by atoms with van der Waals surface area (Å²) < 4.78 is 22.0. The molecule has 1 N–H and O–H groups in total. The predicted molar refractivity (Wildman–Crippen MR) is 115 cm³/mol. The van der Waals surface area contributed by atoms with E-state index >= 15 is 0 Å². The number of carbonyl (C=O) groups excluding carboxylic acids is 1. The molecule has 1 aromatic carbocycles. The Hall–Kier alpha value is -2.23. The second kappa shape index (κ2) is 8.87. The van der Waals surface area contributed by atoms with Crippen LogP contribution in [0.15, 0.2) is 39.7 Å². The third-order valence-corrected chi connectivity index (χ3v) is 5.04. The summed E-state index contributed by atoms with van der Waals surface area (Å²) in [6.45, 7) is 6.21. The number of benzene rings is 1. The molecule has 0 spiro atoms. The third-order valence-electron chi connectivity index (χ3n) is 4.54. The van der Waals surface area contributed by atoms with Crippen molar-refractivity contribution in [3.63, 3.8) is 0 Å². The fourth-order valence-electron chi connectivity index (χ4n) is 3.11. The molecule has 9 heteroatoms. The molecule has 1 atom stereocenters. The van der Waals surface area contributed by atoms with E-state index < -0.39 is 17.9 Å². The summed E-state index contributed by atoms with van der Waals surface area (Å²) in [5, 5.41) is 4.22. The number of ether oxygens (including phenoxy) is 1. The highest BCUT2D eigenvalue weighted by Crippen LogP contribution is 2.26. The Morgan fingerprint density at radius 2 is 1.97 bits per heavy atom. The Kier molecular flexibility index (Phi) is 6.64. The maximum Gasteiger partial charge on any atom is 0.281 e. The van der Waals surface area contributed by atoms with Crippen molar-refractivity contribution in [2.75, 3.05) is 18.5 Å². The molecular formula is C21H25BrFN3O4. The largest absolute Gasteiger partial charge is 0.373 e. The van der Waals surface area contributed by atoms with E-state index in [-0.39, 0.29) is 36.5 Å². The number of carbonyl (C=O) groups is 1. The maximum absolute atomic E-state index is 14.4. The highest BCUT2D eigenvalue weighted by molar-refractivity contribution is 9.10. The number of hydrogen-bond acceptors (Lipinski definition) is 5. The zero-order valence-electron chi connectivity index (χ0n) is 17.4. The van der Waals surface area contributed by atoms with Crippen LogP contribution in [-0.4, -0.2) is 40.5 Å². The molecule has 0 radical (unpaired) electrons. The normalized spacial score (nSPS) is 16.5.